The summed E-state index contributed by atoms with van der Waals surface area (Å²) in [5.41, 5.74) is 5.07. The summed E-state index contributed by atoms with van der Waals surface area (Å²) in [6.45, 7) is 0. The highest BCUT2D eigenvalue weighted by Gasteiger charge is 2.10. The van der Waals surface area contributed by atoms with Gasteiger partial charge in [0.25, 0.3) is 0 Å². The van der Waals surface area contributed by atoms with E-state index in [1.54, 1.807) is 18.3 Å². The predicted octanol–water partition coefficient (Wildman–Crippen LogP) is 2.64. The van der Waals surface area contributed by atoms with Gasteiger partial charge in [0.15, 0.2) is 0 Å². The number of hydrogen-bond acceptors (Lipinski definition) is 4. The van der Waals surface area contributed by atoms with E-state index in [4.69, 9.17) is 4.98 Å². The third-order valence-corrected chi connectivity index (χ3v) is 4.16. The first-order valence-corrected chi connectivity index (χ1v) is 7.99. The Kier molecular flexibility index (Phi) is 4.02. The molecule has 0 aliphatic rings. The quantitative estimate of drug-likeness (QED) is 0.568. The van der Waals surface area contributed by atoms with E-state index in [1.807, 2.05) is 60.7 Å². The first kappa shape index (κ1) is 15.5. The van der Waals surface area contributed by atoms with Crippen LogP contribution in [0.1, 0.15) is 0 Å². The lowest BCUT2D eigenvalue weighted by atomic mass is 9.80. The first-order chi connectivity index (χ1) is 12.2. The van der Waals surface area contributed by atoms with Crippen LogP contribution >= 0.6 is 0 Å². The predicted molar refractivity (Wildman–Crippen MR) is 100 cm³/mol. The lowest BCUT2D eigenvalue weighted by Crippen LogP contribution is -2.29. The van der Waals surface area contributed by atoms with Crippen LogP contribution in [0.5, 0.6) is 0 Å². The van der Waals surface area contributed by atoms with Crippen molar-refractivity contribution in [2.75, 3.05) is 0 Å². The molecule has 0 atom stereocenters. The Morgan fingerprint density at radius 3 is 2.20 bits per heavy atom. The Morgan fingerprint density at radius 1 is 0.720 bits per heavy atom. The van der Waals surface area contributed by atoms with E-state index >= 15 is 0 Å². The number of pyridine rings is 2. The maximum Gasteiger partial charge on any atom is 0.488 e. The van der Waals surface area contributed by atoms with Crippen LogP contribution in [-0.4, -0.2) is 27.1 Å². The van der Waals surface area contributed by atoms with E-state index in [0.717, 1.165) is 33.4 Å². The maximum absolute atomic E-state index is 9.20. The van der Waals surface area contributed by atoms with Crippen LogP contribution in [0.3, 0.4) is 0 Å². The number of nitrogens with zero attached hydrogens (tertiary/aromatic N) is 2. The summed E-state index contributed by atoms with van der Waals surface area (Å²) in [6, 6.07) is 23.1. The van der Waals surface area contributed by atoms with Crippen LogP contribution in [0.2, 0.25) is 0 Å². The summed E-state index contributed by atoms with van der Waals surface area (Å²) in [7, 11) is -1.45. The van der Waals surface area contributed by atoms with Crippen LogP contribution < -0.4 is 5.46 Å². The van der Waals surface area contributed by atoms with Gasteiger partial charge in [0.2, 0.25) is 0 Å². The molecule has 25 heavy (non-hydrogen) atoms. The molecule has 5 heteroatoms. The normalized spacial score (nSPS) is 10.8. The van der Waals surface area contributed by atoms with Gasteiger partial charge in [-0.05, 0) is 40.9 Å². The number of fused-ring (bicyclic) bond motifs is 1. The molecule has 2 aromatic carbocycles. The summed E-state index contributed by atoms with van der Waals surface area (Å²) in [5.74, 6) is 0. The van der Waals surface area contributed by atoms with Crippen molar-refractivity contribution in [2.45, 2.75) is 0 Å². The third-order valence-electron chi connectivity index (χ3n) is 4.16. The Labute approximate surface area is 145 Å². The van der Waals surface area contributed by atoms with Gasteiger partial charge < -0.3 is 10.0 Å². The van der Waals surface area contributed by atoms with Gasteiger partial charge in [-0.1, -0.05) is 48.5 Å². The van der Waals surface area contributed by atoms with Gasteiger partial charge in [-0.25, -0.2) is 4.98 Å². The smallest absolute Gasteiger partial charge is 0.423 e. The van der Waals surface area contributed by atoms with E-state index in [0.29, 0.717) is 5.46 Å². The molecule has 0 bridgehead atoms. The van der Waals surface area contributed by atoms with Gasteiger partial charge in [-0.15, -0.1) is 0 Å². The molecule has 0 fully saturated rings. The average Bonchev–Trinajstić information content (AvgIpc) is 2.68. The summed E-state index contributed by atoms with van der Waals surface area (Å²) < 4.78 is 0. The van der Waals surface area contributed by atoms with Gasteiger partial charge in [0.1, 0.15) is 0 Å². The molecule has 4 rings (SSSR count). The molecular weight excluding hydrogens is 311 g/mol. The molecule has 4 aromatic rings. The summed E-state index contributed by atoms with van der Waals surface area (Å²) in [4.78, 5) is 9.09. The fourth-order valence-electron chi connectivity index (χ4n) is 2.80. The van der Waals surface area contributed by atoms with Crippen molar-refractivity contribution in [3.63, 3.8) is 0 Å². The van der Waals surface area contributed by atoms with Crippen LogP contribution in [-0.2, 0) is 0 Å². The highest BCUT2D eigenvalue weighted by atomic mass is 16.4. The average molecular weight is 326 g/mol. The van der Waals surface area contributed by atoms with E-state index in [9.17, 15) is 10.0 Å². The zero-order chi connectivity index (χ0) is 17.2. The van der Waals surface area contributed by atoms with Gasteiger partial charge in [0.05, 0.1) is 16.9 Å². The monoisotopic (exact) mass is 326 g/mol. The van der Waals surface area contributed by atoms with Crippen molar-refractivity contribution in [2.24, 2.45) is 0 Å². The molecule has 4 nitrogen and oxygen atoms in total. The molecular formula is C20H15BN2O2. The SMILES string of the molecule is OB(O)c1ccc(-c2ccc3ccc(-c4ccccn4)nc3c2)cc1. The van der Waals surface area contributed by atoms with Crippen LogP contribution in [0.4, 0.5) is 0 Å². The van der Waals surface area contributed by atoms with Gasteiger partial charge in [-0.3, -0.25) is 4.98 Å². The molecule has 2 N–H and O–H groups in total. The number of hydrogen-bond donors (Lipinski definition) is 2. The van der Waals surface area contributed by atoms with E-state index in [-0.39, 0.29) is 0 Å². The molecule has 0 unspecified atom stereocenters. The summed E-state index contributed by atoms with van der Waals surface area (Å²) in [5, 5.41) is 19.5. The maximum atomic E-state index is 9.20. The van der Waals surface area contributed by atoms with Crippen molar-refractivity contribution in [1.82, 2.24) is 9.97 Å². The fourth-order valence-corrected chi connectivity index (χ4v) is 2.80. The largest absolute Gasteiger partial charge is 0.488 e. The van der Waals surface area contributed by atoms with Crippen molar-refractivity contribution < 1.29 is 10.0 Å². The van der Waals surface area contributed by atoms with Gasteiger partial charge >= 0.3 is 7.12 Å². The zero-order valence-electron chi connectivity index (χ0n) is 13.4. The Morgan fingerprint density at radius 2 is 1.48 bits per heavy atom. The zero-order valence-corrected chi connectivity index (χ0v) is 13.4. The molecule has 2 heterocycles. The molecule has 0 amide bonds. The molecule has 0 aliphatic heterocycles. The lowest BCUT2D eigenvalue weighted by molar-refractivity contribution is 0.426. The van der Waals surface area contributed by atoms with Gasteiger partial charge in [0, 0.05) is 11.6 Å². The Bertz CT molecular complexity index is 1020. The highest BCUT2D eigenvalue weighted by molar-refractivity contribution is 6.58. The second-order valence-corrected chi connectivity index (χ2v) is 5.81. The molecule has 0 saturated heterocycles. The third kappa shape index (κ3) is 3.15. The molecule has 2 aromatic heterocycles. The number of rotatable bonds is 3. The van der Waals surface area contributed by atoms with Crippen molar-refractivity contribution >= 4 is 23.5 Å². The van der Waals surface area contributed by atoms with E-state index in [2.05, 4.69) is 4.98 Å². The topological polar surface area (TPSA) is 66.2 Å². The number of benzene rings is 2. The standard InChI is InChI=1S/C20H15BN2O2/c24-21(25)17-9-6-14(7-10-17)16-5-4-15-8-11-19(23-20(15)13-16)18-3-1-2-12-22-18/h1-13,24-25H. The molecule has 0 spiro atoms. The molecule has 120 valence electrons. The Hall–Kier alpha value is -3.02. The minimum atomic E-state index is -1.45. The molecule has 0 saturated carbocycles. The second kappa shape index (κ2) is 6.47. The van der Waals surface area contributed by atoms with Crippen molar-refractivity contribution in [3.8, 4) is 22.5 Å². The van der Waals surface area contributed by atoms with Crippen LogP contribution in [0, 0.1) is 0 Å². The molecule has 0 aliphatic carbocycles. The first-order valence-electron chi connectivity index (χ1n) is 7.99. The molecule has 0 radical (unpaired) electrons. The summed E-state index contributed by atoms with van der Waals surface area (Å²) in [6.07, 6.45) is 1.76. The van der Waals surface area contributed by atoms with Crippen molar-refractivity contribution in [1.29, 1.82) is 0 Å². The fraction of sp³-hybridized carbons (Fsp3) is 0. The van der Waals surface area contributed by atoms with E-state index in [1.165, 1.54) is 0 Å². The lowest BCUT2D eigenvalue weighted by Gasteiger charge is -2.07. The van der Waals surface area contributed by atoms with Crippen LogP contribution in [0.25, 0.3) is 33.4 Å². The minimum Gasteiger partial charge on any atom is -0.423 e. The van der Waals surface area contributed by atoms with E-state index < -0.39 is 7.12 Å². The Balaban J connectivity index is 1.76. The van der Waals surface area contributed by atoms with Gasteiger partial charge in [-0.2, -0.15) is 0 Å². The van der Waals surface area contributed by atoms with Crippen LogP contribution in [0.15, 0.2) is 79.0 Å². The van der Waals surface area contributed by atoms with Crippen molar-refractivity contribution in [3.05, 3.63) is 79.0 Å². The summed E-state index contributed by atoms with van der Waals surface area (Å²) >= 11 is 0. The highest BCUT2D eigenvalue weighted by Crippen LogP contribution is 2.25. The minimum absolute atomic E-state index is 0.472. The second-order valence-electron chi connectivity index (χ2n) is 5.81. The number of aromatic nitrogens is 2.